The second-order valence-corrected chi connectivity index (χ2v) is 7.70. The second-order valence-electron chi connectivity index (χ2n) is 6.02. The summed E-state index contributed by atoms with van der Waals surface area (Å²) in [6.45, 7) is 0. The Hall–Kier alpha value is -3.63. The van der Waals surface area contributed by atoms with Crippen LogP contribution in [0.4, 0.5) is 11.4 Å². The summed E-state index contributed by atoms with van der Waals surface area (Å²) in [5, 5.41) is 8.82. The Morgan fingerprint density at radius 3 is 2.29 bits per heavy atom. The number of sulfonamides is 1. The highest BCUT2D eigenvalue weighted by molar-refractivity contribution is 7.92. The van der Waals surface area contributed by atoms with Gasteiger partial charge in [0.05, 0.1) is 16.5 Å². The first-order chi connectivity index (χ1) is 13.4. The van der Waals surface area contributed by atoms with E-state index in [1.807, 2.05) is 24.3 Å². The molecule has 6 nitrogen and oxygen atoms in total. The summed E-state index contributed by atoms with van der Waals surface area (Å²) in [5.74, 6) is -0.318. The third-order valence-corrected chi connectivity index (χ3v) is 5.48. The molecule has 0 bridgehead atoms. The third-order valence-electron chi connectivity index (χ3n) is 4.11. The highest BCUT2D eigenvalue weighted by atomic mass is 32.2. The number of hydrogen-bond acceptors (Lipinski definition) is 4. The van der Waals surface area contributed by atoms with Gasteiger partial charge in [-0.05, 0) is 54.6 Å². The van der Waals surface area contributed by atoms with E-state index in [0.29, 0.717) is 16.9 Å². The quantitative estimate of drug-likeness (QED) is 0.719. The Kier molecular flexibility index (Phi) is 5.43. The van der Waals surface area contributed by atoms with Gasteiger partial charge < -0.3 is 4.90 Å². The molecule has 28 heavy (non-hydrogen) atoms. The van der Waals surface area contributed by atoms with Crippen molar-refractivity contribution in [3.63, 3.8) is 0 Å². The van der Waals surface area contributed by atoms with Crippen LogP contribution in [0.5, 0.6) is 0 Å². The Morgan fingerprint density at radius 1 is 0.964 bits per heavy atom. The van der Waals surface area contributed by atoms with Crippen molar-refractivity contribution in [2.75, 3.05) is 16.7 Å². The van der Waals surface area contributed by atoms with Crippen molar-refractivity contribution in [1.29, 1.82) is 5.26 Å². The summed E-state index contributed by atoms with van der Waals surface area (Å²) in [6, 6.07) is 23.0. The molecule has 0 heterocycles. The Balaban J connectivity index is 1.85. The fourth-order valence-corrected chi connectivity index (χ4v) is 3.69. The van der Waals surface area contributed by atoms with E-state index in [9.17, 15) is 13.2 Å². The van der Waals surface area contributed by atoms with Crippen LogP contribution in [0.3, 0.4) is 0 Å². The first kappa shape index (κ1) is 19.1. The van der Waals surface area contributed by atoms with Crippen LogP contribution in [-0.4, -0.2) is 21.4 Å². The van der Waals surface area contributed by atoms with Crippen molar-refractivity contribution in [2.24, 2.45) is 0 Å². The number of hydrogen-bond donors (Lipinski definition) is 1. The monoisotopic (exact) mass is 391 g/mol. The molecule has 140 valence electrons. The molecule has 3 rings (SSSR count). The maximum Gasteiger partial charge on any atom is 0.261 e. The standard InChI is InChI=1S/C21H17N3O3S/c1-24(19-7-3-2-4-8-19)21(25)17-6-5-9-20(14-17)28(26,27)23-18-12-10-16(15-22)11-13-18/h2-14,23H,1H3. The van der Waals surface area contributed by atoms with Crippen molar-refractivity contribution in [3.8, 4) is 6.07 Å². The van der Waals surface area contributed by atoms with Gasteiger partial charge in [0.25, 0.3) is 15.9 Å². The Bertz CT molecular complexity index is 1140. The van der Waals surface area contributed by atoms with Crippen LogP contribution in [0.25, 0.3) is 0 Å². The van der Waals surface area contributed by atoms with Gasteiger partial charge in [-0.3, -0.25) is 9.52 Å². The summed E-state index contributed by atoms with van der Waals surface area (Å²) in [5.41, 5.74) is 1.72. The van der Waals surface area contributed by atoms with Gasteiger partial charge in [-0.2, -0.15) is 5.26 Å². The average molecular weight is 391 g/mol. The molecule has 0 aliphatic rings. The minimum Gasteiger partial charge on any atom is -0.311 e. The fourth-order valence-electron chi connectivity index (χ4n) is 2.59. The zero-order valence-electron chi connectivity index (χ0n) is 15.0. The molecular weight excluding hydrogens is 374 g/mol. The van der Waals surface area contributed by atoms with E-state index >= 15 is 0 Å². The van der Waals surface area contributed by atoms with E-state index in [1.165, 1.54) is 47.4 Å². The summed E-state index contributed by atoms with van der Waals surface area (Å²) < 4.78 is 27.8. The van der Waals surface area contributed by atoms with E-state index < -0.39 is 10.0 Å². The normalized spacial score (nSPS) is 10.7. The molecule has 0 spiro atoms. The number of amides is 1. The Morgan fingerprint density at radius 2 is 1.64 bits per heavy atom. The molecular formula is C21H17N3O3S. The molecule has 0 aromatic heterocycles. The smallest absolute Gasteiger partial charge is 0.261 e. The number of nitrogens with zero attached hydrogens (tertiary/aromatic N) is 2. The maximum atomic E-state index is 12.7. The first-order valence-corrected chi connectivity index (χ1v) is 9.85. The molecule has 0 aliphatic carbocycles. The Labute approximate surface area is 163 Å². The highest BCUT2D eigenvalue weighted by Gasteiger charge is 2.19. The lowest BCUT2D eigenvalue weighted by molar-refractivity contribution is 0.0993. The predicted octanol–water partition coefficient (Wildman–Crippen LogP) is 3.64. The second kappa shape index (κ2) is 7.94. The van der Waals surface area contributed by atoms with Crippen LogP contribution >= 0.6 is 0 Å². The summed E-state index contributed by atoms with van der Waals surface area (Å²) in [6.07, 6.45) is 0. The fraction of sp³-hybridized carbons (Fsp3) is 0.0476. The molecule has 0 fully saturated rings. The largest absolute Gasteiger partial charge is 0.311 e. The van der Waals surface area contributed by atoms with Crippen molar-refractivity contribution in [3.05, 3.63) is 90.0 Å². The molecule has 1 N–H and O–H groups in total. The number of rotatable bonds is 5. The number of nitrogens with one attached hydrogen (secondary N) is 1. The molecule has 3 aromatic rings. The highest BCUT2D eigenvalue weighted by Crippen LogP contribution is 2.20. The molecule has 0 atom stereocenters. The van der Waals surface area contributed by atoms with Crippen LogP contribution in [0.1, 0.15) is 15.9 Å². The van der Waals surface area contributed by atoms with Crippen LogP contribution in [0, 0.1) is 11.3 Å². The van der Waals surface area contributed by atoms with E-state index in [1.54, 1.807) is 25.2 Å². The summed E-state index contributed by atoms with van der Waals surface area (Å²) in [7, 11) is -2.25. The zero-order valence-corrected chi connectivity index (χ0v) is 15.8. The molecule has 0 radical (unpaired) electrons. The van der Waals surface area contributed by atoms with Crippen LogP contribution in [0.2, 0.25) is 0 Å². The van der Waals surface area contributed by atoms with Crippen molar-refractivity contribution < 1.29 is 13.2 Å². The van der Waals surface area contributed by atoms with Gasteiger partial charge in [0, 0.05) is 24.0 Å². The summed E-state index contributed by atoms with van der Waals surface area (Å²) in [4.78, 5) is 14.2. The van der Waals surface area contributed by atoms with E-state index in [2.05, 4.69) is 4.72 Å². The molecule has 1 amide bonds. The number of carbonyl (C=O) groups excluding carboxylic acids is 1. The van der Waals surface area contributed by atoms with Gasteiger partial charge in [-0.25, -0.2) is 8.42 Å². The average Bonchev–Trinajstić information content (AvgIpc) is 2.73. The first-order valence-electron chi connectivity index (χ1n) is 8.37. The van der Waals surface area contributed by atoms with E-state index in [0.717, 1.165) is 0 Å². The van der Waals surface area contributed by atoms with E-state index in [-0.39, 0.29) is 16.4 Å². The van der Waals surface area contributed by atoms with Gasteiger partial charge >= 0.3 is 0 Å². The van der Waals surface area contributed by atoms with Crippen molar-refractivity contribution in [2.45, 2.75) is 4.90 Å². The van der Waals surface area contributed by atoms with Crippen LogP contribution < -0.4 is 9.62 Å². The predicted molar refractivity (Wildman–Crippen MR) is 108 cm³/mol. The number of para-hydroxylation sites is 1. The summed E-state index contributed by atoms with van der Waals surface area (Å²) >= 11 is 0. The van der Waals surface area contributed by atoms with E-state index in [4.69, 9.17) is 5.26 Å². The molecule has 0 saturated carbocycles. The molecule has 0 saturated heterocycles. The lowest BCUT2D eigenvalue weighted by atomic mass is 10.2. The van der Waals surface area contributed by atoms with Gasteiger partial charge in [0.15, 0.2) is 0 Å². The molecule has 0 unspecified atom stereocenters. The van der Waals surface area contributed by atoms with Gasteiger partial charge in [0.1, 0.15) is 0 Å². The molecule has 0 aliphatic heterocycles. The molecule has 7 heteroatoms. The topological polar surface area (TPSA) is 90.3 Å². The number of anilines is 2. The zero-order chi connectivity index (χ0) is 20.1. The van der Waals surface area contributed by atoms with Gasteiger partial charge in [-0.1, -0.05) is 24.3 Å². The number of nitriles is 1. The van der Waals surface area contributed by atoms with Crippen LogP contribution in [-0.2, 0) is 10.0 Å². The van der Waals surface area contributed by atoms with Crippen molar-refractivity contribution >= 4 is 27.3 Å². The van der Waals surface area contributed by atoms with Gasteiger partial charge in [0.2, 0.25) is 0 Å². The molecule has 3 aromatic carbocycles. The van der Waals surface area contributed by atoms with Gasteiger partial charge in [-0.15, -0.1) is 0 Å². The third kappa shape index (κ3) is 4.19. The van der Waals surface area contributed by atoms with Crippen LogP contribution in [0.15, 0.2) is 83.8 Å². The minimum atomic E-state index is -3.88. The maximum absolute atomic E-state index is 12.7. The minimum absolute atomic E-state index is 0.0239. The lowest BCUT2D eigenvalue weighted by Crippen LogP contribution is -2.26. The number of benzene rings is 3. The SMILES string of the molecule is CN(C(=O)c1cccc(S(=O)(=O)Nc2ccc(C#N)cc2)c1)c1ccccc1. The number of carbonyl (C=O) groups is 1. The lowest BCUT2D eigenvalue weighted by Gasteiger charge is -2.17. The van der Waals surface area contributed by atoms with Crippen molar-refractivity contribution in [1.82, 2.24) is 0 Å².